The Morgan fingerprint density at radius 2 is 2.19 bits per heavy atom. The molecule has 2 rings (SSSR count). The van der Waals surface area contributed by atoms with Crippen molar-refractivity contribution in [3.63, 3.8) is 0 Å². The van der Waals surface area contributed by atoms with Crippen molar-refractivity contribution in [2.24, 2.45) is 0 Å². The van der Waals surface area contributed by atoms with E-state index in [2.05, 4.69) is 0 Å². The first-order valence-electron chi connectivity index (χ1n) is 5.04. The number of Topliss-reactive ketones (excluding diaryl/α,β-unsaturated/α-hetero) is 1. The third-order valence-electron chi connectivity index (χ3n) is 2.38. The van der Waals surface area contributed by atoms with Crippen LogP contribution in [0.2, 0.25) is 0 Å². The van der Waals surface area contributed by atoms with Crippen LogP contribution in [0.15, 0.2) is 18.2 Å². The minimum atomic E-state index is -0.524. The molecule has 0 spiro atoms. The lowest BCUT2D eigenvalue weighted by Gasteiger charge is -2.05. The van der Waals surface area contributed by atoms with Crippen LogP contribution in [-0.4, -0.2) is 16.8 Å². The highest BCUT2D eigenvalue weighted by Gasteiger charge is 2.27. The minimum Gasteiger partial charge on any atom is -0.483 e. The average Bonchev–Trinajstić information content (AvgIpc) is 3.01. The number of carbonyl (C=O) groups is 1. The number of nitro groups is 1. The molecule has 0 unspecified atom stereocenters. The van der Waals surface area contributed by atoms with Gasteiger partial charge in [-0.15, -0.1) is 0 Å². The molecule has 1 aliphatic rings. The standard InChI is InChI=1S/C11H11NO4/c1-7(13)8-2-5-11(16-9-3-4-9)10(6-8)12(14)15/h2,5-6,9H,3-4H2,1H3. The van der Waals surface area contributed by atoms with Crippen LogP contribution in [0, 0.1) is 10.1 Å². The molecule has 84 valence electrons. The van der Waals surface area contributed by atoms with Crippen LogP contribution in [0.1, 0.15) is 30.1 Å². The first kappa shape index (κ1) is 10.6. The molecule has 16 heavy (non-hydrogen) atoms. The summed E-state index contributed by atoms with van der Waals surface area (Å²) in [5.74, 6) is 0.0542. The minimum absolute atomic E-state index is 0.0990. The molecule has 5 nitrogen and oxygen atoms in total. The molecule has 5 heteroatoms. The fourth-order valence-electron chi connectivity index (χ4n) is 1.34. The molecule has 1 aromatic rings. The van der Waals surface area contributed by atoms with Crippen molar-refractivity contribution in [3.05, 3.63) is 33.9 Å². The molecule has 0 saturated heterocycles. The van der Waals surface area contributed by atoms with Gasteiger partial charge in [-0.2, -0.15) is 0 Å². The number of hydrogen-bond donors (Lipinski definition) is 0. The molecular weight excluding hydrogens is 210 g/mol. The van der Waals surface area contributed by atoms with E-state index < -0.39 is 4.92 Å². The third-order valence-corrected chi connectivity index (χ3v) is 2.38. The Hall–Kier alpha value is -1.91. The van der Waals surface area contributed by atoms with Gasteiger partial charge in [0, 0.05) is 11.6 Å². The molecular formula is C11H11NO4. The summed E-state index contributed by atoms with van der Waals surface area (Å²) in [6.07, 6.45) is 1.97. The lowest BCUT2D eigenvalue weighted by atomic mass is 10.1. The smallest absolute Gasteiger partial charge is 0.311 e. The monoisotopic (exact) mass is 221 g/mol. The van der Waals surface area contributed by atoms with Crippen molar-refractivity contribution in [1.29, 1.82) is 0 Å². The van der Waals surface area contributed by atoms with Gasteiger partial charge in [0.05, 0.1) is 11.0 Å². The van der Waals surface area contributed by atoms with E-state index in [1.807, 2.05) is 0 Å². The Kier molecular flexibility index (Phi) is 2.60. The van der Waals surface area contributed by atoms with Gasteiger partial charge in [-0.05, 0) is 31.9 Å². The van der Waals surface area contributed by atoms with Gasteiger partial charge in [0.2, 0.25) is 0 Å². The summed E-state index contributed by atoms with van der Waals surface area (Å²) in [4.78, 5) is 21.4. The lowest BCUT2D eigenvalue weighted by molar-refractivity contribution is -0.386. The third kappa shape index (κ3) is 2.18. The number of nitrogens with zero attached hydrogens (tertiary/aromatic N) is 1. The van der Waals surface area contributed by atoms with E-state index in [9.17, 15) is 14.9 Å². The van der Waals surface area contributed by atoms with Crippen LogP contribution in [0.5, 0.6) is 5.75 Å². The molecule has 1 fully saturated rings. The molecule has 0 heterocycles. The van der Waals surface area contributed by atoms with Crippen molar-refractivity contribution in [2.45, 2.75) is 25.9 Å². The normalized spacial score (nSPS) is 14.6. The first-order chi connectivity index (χ1) is 7.58. The molecule has 0 N–H and O–H groups in total. The summed E-state index contributed by atoms with van der Waals surface area (Å²) < 4.78 is 5.40. The molecule has 1 saturated carbocycles. The van der Waals surface area contributed by atoms with Crippen LogP contribution in [0.3, 0.4) is 0 Å². The Balaban J connectivity index is 2.35. The highest BCUT2D eigenvalue weighted by atomic mass is 16.6. The van der Waals surface area contributed by atoms with Crippen molar-refractivity contribution in [3.8, 4) is 5.75 Å². The topological polar surface area (TPSA) is 69.4 Å². The number of ketones is 1. The molecule has 1 aromatic carbocycles. The fraction of sp³-hybridized carbons (Fsp3) is 0.364. The van der Waals surface area contributed by atoms with Gasteiger partial charge in [-0.1, -0.05) is 0 Å². The van der Waals surface area contributed by atoms with Gasteiger partial charge < -0.3 is 4.74 Å². The summed E-state index contributed by atoms with van der Waals surface area (Å²) in [6, 6.07) is 4.31. The van der Waals surface area contributed by atoms with E-state index in [-0.39, 0.29) is 23.3 Å². The summed E-state index contributed by atoms with van der Waals surface area (Å²) in [7, 11) is 0. The van der Waals surface area contributed by atoms with E-state index in [1.165, 1.54) is 19.1 Å². The maximum absolute atomic E-state index is 11.1. The van der Waals surface area contributed by atoms with Crippen LogP contribution < -0.4 is 4.74 Å². The SMILES string of the molecule is CC(=O)c1ccc(OC2CC2)c([N+](=O)[O-])c1. The van der Waals surface area contributed by atoms with Gasteiger partial charge in [-0.3, -0.25) is 14.9 Å². The molecule has 0 radical (unpaired) electrons. The highest BCUT2D eigenvalue weighted by Crippen LogP contribution is 2.33. The Bertz CT molecular complexity index is 451. The number of hydrogen-bond acceptors (Lipinski definition) is 4. The van der Waals surface area contributed by atoms with E-state index in [0.717, 1.165) is 12.8 Å². The Morgan fingerprint density at radius 3 is 2.69 bits per heavy atom. The zero-order valence-corrected chi connectivity index (χ0v) is 8.80. The number of nitro benzene ring substituents is 1. The van der Waals surface area contributed by atoms with Crippen LogP contribution in [0.25, 0.3) is 0 Å². The molecule has 0 bridgehead atoms. The first-order valence-corrected chi connectivity index (χ1v) is 5.04. The fourth-order valence-corrected chi connectivity index (χ4v) is 1.34. The van der Waals surface area contributed by atoms with E-state index in [1.54, 1.807) is 6.07 Å². The highest BCUT2D eigenvalue weighted by molar-refractivity contribution is 5.95. The summed E-state index contributed by atoms with van der Waals surface area (Å²) in [6.45, 7) is 1.38. The van der Waals surface area contributed by atoms with Crippen LogP contribution in [0.4, 0.5) is 5.69 Å². The molecule has 0 aromatic heterocycles. The van der Waals surface area contributed by atoms with Gasteiger partial charge in [-0.25, -0.2) is 0 Å². The van der Waals surface area contributed by atoms with E-state index >= 15 is 0 Å². The van der Waals surface area contributed by atoms with E-state index in [0.29, 0.717) is 5.56 Å². The largest absolute Gasteiger partial charge is 0.483 e. The number of ether oxygens (including phenoxy) is 1. The lowest BCUT2D eigenvalue weighted by Crippen LogP contribution is -2.02. The molecule has 1 aliphatic carbocycles. The summed E-state index contributed by atoms with van der Waals surface area (Å²) in [5, 5.41) is 10.8. The zero-order valence-electron chi connectivity index (χ0n) is 8.80. The van der Waals surface area contributed by atoms with E-state index in [4.69, 9.17) is 4.74 Å². The summed E-state index contributed by atoms with van der Waals surface area (Å²) in [5.41, 5.74) is 0.189. The predicted octanol–water partition coefficient (Wildman–Crippen LogP) is 2.34. The Labute approximate surface area is 92.2 Å². The molecule has 0 amide bonds. The van der Waals surface area contributed by atoms with Crippen LogP contribution in [-0.2, 0) is 0 Å². The van der Waals surface area contributed by atoms with Crippen molar-refractivity contribution in [1.82, 2.24) is 0 Å². The second kappa shape index (κ2) is 3.92. The van der Waals surface area contributed by atoms with Gasteiger partial charge in [0.25, 0.3) is 0 Å². The molecule has 0 aliphatic heterocycles. The van der Waals surface area contributed by atoms with Gasteiger partial charge in [0.15, 0.2) is 11.5 Å². The predicted molar refractivity (Wildman–Crippen MR) is 56.8 cm³/mol. The summed E-state index contributed by atoms with van der Waals surface area (Å²) >= 11 is 0. The average molecular weight is 221 g/mol. The quantitative estimate of drug-likeness (QED) is 0.444. The maximum Gasteiger partial charge on any atom is 0.311 e. The van der Waals surface area contributed by atoms with Crippen LogP contribution >= 0.6 is 0 Å². The number of benzene rings is 1. The molecule has 0 atom stereocenters. The van der Waals surface area contributed by atoms with Crippen molar-refractivity contribution >= 4 is 11.5 Å². The Morgan fingerprint density at radius 1 is 1.50 bits per heavy atom. The van der Waals surface area contributed by atoms with Crippen molar-refractivity contribution in [2.75, 3.05) is 0 Å². The number of carbonyl (C=O) groups excluding carboxylic acids is 1. The second-order valence-corrected chi connectivity index (χ2v) is 3.81. The zero-order chi connectivity index (χ0) is 11.7. The van der Waals surface area contributed by atoms with Gasteiger partial charge in [0.1, 0.15) is 0 Å². The maximum atomic E-state index is 11.1. The van der Waals surface area contributed by atoms with Crippen molar-refractivity contribution < 1.29 is 14.5 Å². The van der Waals surface area contributed by atoms with Gasteiger partial charge >= 0.3 is 5.69 Å². The second-order valence-electron chi connectivity index (χ2n) is 3.81. The number of rotatable bonds is 4.